The van der Waals surface area contributed by atoms with Gasteiger partial charge in [-0.05, 0) is 48.9 Å². The van der Waals surface area contributed by atoms with E-state index >= 15 is 0 Å². The minimum atomic E-state index is -5.06. The molecule has 1 unspecified atom stereocenters. The van der Waals surface area contributed by atoms with Gasteiger partial charge in [0.25, 0.3) is 5.60 Å². The van der Waals surface area contributed by atoms with Crippen LogP contribution in [0.3, 0.4) is 0 Å². The number of allylic oxidation sites excluding steroid dienone is 2. The lowest BCUT2D eigenvalue weighted by molar-refractivity contribution is -0.249. The first kappa shape index (κ1) is 31.7. The smallest absolute Gasteiger partial charge is 0.437 e. The molecule has 2 N–H and O–H groups in total. The van der Waals surface area contributed by atoms with Crippen LogP contribution in [-0.2, 0) is 10.3 Å². The summed E-state index contributed by atoms with van der Waals surface area (Å²) in [5.41, 5.74) is -3.57. The number of nitrogens with zero attached hydrogens (tertiary/aromatic N) is 3. The molecule has 222 valence electrons. The maximum Gasteiger partial charge on any atom is 0.437 e. The molecule has 7 nitrogen and oxygen atoms in total. The first-order valence-corrected chi connectivity index (χ1v) is 14.0. The van der Waals surface area contributed by atoms with Crippen LogP contribution in [0.2, 0.25) is 0 Å². The molecule has 0 amide bonds. The van der Waals surface area contributed by atoms with Crippen LogP contribution >= 0.6 is 11.3 Å². The fraction of sp³-hybridized carbons (Fsp3) is 0.182. The zero-order chi connectivity index (χ0) is 31.7. The number of methoxy groups -OCH3 is 1. The fourth-order valence-corrected chi connectivity index (χ4v) is 5.41. The first-order chi connectivity index (χ1) is 21.2. The molecule has 11 heteroatoms. The first-order valence-electron chi connectivity index (χ1n) is 13.2. The molecular formula is C33H25F3N4O3S. The number of ether oxygens (including phenoxy) is 2. The molecule has 4 rings (SSSR count). The van der Waals surface area contributed by atoms with E-state index in [0.717, 1.165) is 22.2 Å². The molecule has 2 aromatic carbocycles. The van der Waals surface area contributed by atoms with Gasteiger partial charge in [0.2, 0.25) is 0 Å². The average molecular weight is 615 g/mol. The highest BCUT2D eigenvalue weighted by atomic mass is 32.1. The number of anilines is 1. The van der Waals surface area contributed by atoms with Gasteiger partial charge in [-0.25, -0.2) is 0 Å². The van der Waals surface area contributed by atoms with E-state index in [9.17, 15) is 29.0 Å². The number of aliphatic hydroxyl groups excluding tert-OH is 1. The molecule has 3 aromatic rings. The van der Waals surface area contributed by atoms with Gasteiger partial charge in [0.1, 0.15) is 29.5 Å². The Balaban J connectivity index is 1.71. The summed E-state index contributed by atoms with van der Waals surface area (Å²) >= 11 is 1.30. The standard InChI is InChI=1S/C33H25F3N4O3S/c1-42-30-18-25(40-16-5-17-41)10-8-22(30)9-11-26-12-13-27(44-26)14-15-29-28(21-39)31(23(19-37)20-38)43-32(29,33(34,35)36)24-6-3-2-4-7-24/h2-4,6-15,18,40-41H,5,16-17H2,1H3. The van der Waals surface area contributed by atoms with Crippen LogP contribution < -0.4 is 10.1 Å². The molecule has 1 aliphatic rings. The summed E-state index contributed by atoms with van der Waals surface area (Å²) < 4.78 is 55.7. The van der Waals surface area contributed by atoms with Crippen molar-refractivity contribution in [2.45, 2.75) is 18.2 Å². The quantitative estimate of drug-likeness (QED) is 0.181. The molecule has 0 aliphatic carbocycles. The zero-order valence-electron chi connectivity index (χ0n) is 23.4. The topological polar surface area (TPSA) is 122 Å². The lowest BCUT2D eigenvalue weighted by Crippen LogP contribution is -2.43. The second-order valence-electron chi connectivity index (χ2n) is 9.34. The molecule has 2 heterocycles. The minimum absolute atomic E-state index is 0.0887. The number of thiophene rings is 1. The molecule has 1 aromatic heterocycles. The van der Waals surface area contributed by atoms with Crippen molar-refractivity contribution in [3.8, 4) is 24.0 Å². The highest BCUT2D eigenvalue weighted by Gasteiger charge is 2.65. The van der Waals surface area contributed by atoms with Crippen molar-refractivity contribution >= 4 is 35.3 Å². The maximum absolute atomic E-state index is 14.9. The third kappa shape index (κ3) is 6.38. The van der Waals surface area contributed by atoms with Gasteiger partial charge in [-0.3, -0.25) is 0 Å². The predicted molar refractivity (Wildman–Crippen MR) is 162 cm³/mol. The summed E-state index contributed by atoms with van der Waals surface area (Å²) in [7, 11) is 1.56. The number of alkyl halides is 3. The molecule has 44 heavy (non-hydrogen) atoms. The van der Waals surface area contributed by atoms with Crippen molar-refractivity contribution in [1.82, 2.24) is 0 Å². The number of nitriles is 3. The summed E-state index contributed by atoms with van der Waals surface area (Å²) in [4.78, 5) is 1.39. The Labute approximate surface area is 256 Å². The van der Waals surface area contributed by atoms with Crippen molar-refractivity contribution in [3.05, 3.63) is 110 Å². The van der Waals surface area contributed by atoms with Crippen LogP contribution in [0.15, 0.2) is 89.2 Å². The van der Waals surface area contributed by atoms with E-state index < -0.39 is 34.3 Å². The average Bonchev–Trinajstić information content (AvgIpc) is 3.63. The van der Waals surface area contributed by atoms with Gasteiger partial charge in [0, 0.05) is 51.4 Å². The Morgan fingerprint density at radius 1 is 1.00 bits per heavy atom. The van der Waals surface area contributed by atoms with Crippen LogP contribution in [0.4, 0.5) is 18.9 Å². The van der Waals surface area contributed by atoms with Gasteiger partial charge < -0.3 is 19.9 Å². The van der Waals surface area contributed by atoms with Gasteiger partial charge in [0.05, 0.1) is 7.11 Å². The summed E-state index contributed by atoms with van der Waals surface area (Å²) in [5, 5.41) is 40.9. The number of benzene rings is 2. The van der Waals surface area contributed by atoms with Gasteiger partial charge in [0.15, 0.2) is 11.3 Å². The third-order valence-corrected chi connectivity index (χ3v) is 7.68. The molecular weight excluding hydrogens is 589 g/mol. The molecule has 0 saturated carbocycles. The van der Waals surface area contributed by atoms with Crippen molar-refractivity contribution in [3.63, 3.8) is 0 Å². The minimum Gasteiger partial charge on any atom is -0.496 e. The van der Waals surface area contributed by atoms with Crippen molar-refractivity contribution in [1.29, 1.82) is 15.8 Å². The SMILES string of the molecule is COc1cc(NCCCO)ccc1C=Cc1ccc(C=CC2=C(C#N)C(=C(C#N)C#N)OC2(c2ccccc2)C(F)(F)F)s1. The molecule has 0 saturated heterocycles. The van der Waals surface area contributed by atoms with Crippen molar-refractivity contribution < 1.29 is 27.8 Å². The van der Waals surface area contributed by atoms with Gasteiger partial charge in [-0.2, -0.15) is 29.0 Å². The van der Waals surface area contributed by atoms with Crippen molar-refractivity contribution in [2.75, 3.05) is 25.6 Å². The zero-order valence-corrected chi connectivity index (χ0v) is 24.2. The Morgan fingerprint density at radius 3 is 2.27 bits per heavy atom. The van der Waals surface area contributed by atoms with Crippen LogP contribution in [0.1, 0.15) is 27.3 Å². The largest absolute Gasteiger partial charge is 0.496 e. The molecule has 0 fully saturated rings. The van der Waals surface area contributed by atoms with E-state index in [1.165, 1.54) is 53.8 Å². The predicted octanol–water partition coefficient (Wildman–Crippen LogP) is 7.34. The number of hydrogen-bond donors (Lipinski definition) is 2. The highest BCUT2D eigenvalue weighted by molar-refractivity contribution is 7.13. The van der Waals surface area contributed by atoms with Gasteiger partial charge in [-0.15, -0.1) is 11.3 Å². The molecule has 1 aliphatic heterocycles. The van der Waals surface area contributed by atoms with E-state index in [0.29, 0.717) is 23.6 Å². The summed E-state index contributed by atoms with van der Waals surface area (Å²) in [6.45, 7) is 0.704. The van der Waals surface area contributed by atoms with E-state index in [4.69, 9.17) is 14.6 Å². The summed E-state index contributed by atoms with van der Waals surface area (Å²) in [6.07, 6.45) is 1.85. The van der Waals surface area contributed by atoms with E-state index in [1.807, 2.05) is 30.4 Å². The fourth-order valence-electron chi connectivity index (χ4n) is 4.59. The number of hydrogen-bond acceptors (Lipinski definition) is 8. The Kier molecular flexibility index (Phi) is 9.92. The van der Waals surface area contributed by atoms with Gasteiger partial charge >= 0.3 is 6.18 Å². The number of nitrogens with one attached hydrogen (secondary N) is 1. The number of rotatable bonds is 10. The lowest BCUT2D eigenvalue weighted by Gasteiger charge is -2.33. The summed E-state index contributed by atoms with van der Waals surface area (Å²) in [6, 6.07) is 20.7. The Hall–Kier alpha value is -5.28. The molecule has 0 spiro atoms. The monoisotopic (exact) mass is 614 g/mol. The second kappa shape index (κ2) is 13.8. The number of halogens is 3. The van der Waals surface area contributed by atoms with Crippen LogP contribution in [-0.4, -0.2) is 31.5 Å². The van der Waals surface area contributed by atoms with E-state index in [1.54, 1.807) is 31.4 Å². The Morgan fingerprint density at radius 2 is 1.68 bits per heavy atom. The normalized spacial score (nSPS) is 16.5. The van der Waals surface area contributed by atoms with Crippen LogP contribution in [0, 0.1) is 34.0 Å². The van der Waals surface area contributed by atoms with Crippen LogP contribution in [0.25, 0.3) is 18.2 Å². The highest BCUT2D eigenvalue weighted by Crippen LogP contribution is 2.56. The summed E-state index contributed by atoms with van der Waals surface area (Å²) in [5.74, 6) is -0.0804. The van der Waals surface area contributed by atoms with Gasteiger partial charge in [-0.1, -0.05) is 36.4 Å². The van der Waals surface area contributed by atoms with E-state index in [-0.39, 0.29) is 12.2 Å². The number of aliphatic hydroxyl groups is 1. The maximum atomic E-state index is 14.9. The molecule has 1 atom stereocenters. The van der Waals surface area contributed by atoms with E-state index in [2.05, 4.69) is 5.32 Å². The molecule has 0 radical (unpaired) electrons. The van der Waals surface area contributed by atoms with Crippen LogP contribution in [0.5, 0.6) is 5.75 Å². The third-order valence-electron chi connectivity index (χ3n) is 6.66. The van der Waals surface area contributed by atoms with Crippen molar-refractivity contribution in [2.24, 2.45) is 0 Å². The lowest BCUT2D eigenvalue weighted by atomic mass is 9.84. The Bertz CT molecular complexity index is 1750. The molecule has 0 bridgehead atoms. The second-order valence-corrected chi connectivity index (χ2v) is 10.5.